The van der Waals surface area contributed by atoms with Crippen LogP contribution in [0.2, 0.25) is 0 Å². The zero-order chi connectivity index (χ0) is 15.4. The average Bonchev–Trinajstić information content (AvgIpc) is 3.07. The summed E-state index contributed by atoms with van der Waals surface area (Å²) in [7, 11) is 0. The Kier molecular flexibility index (Phi) is 4.39. The topological polar surface area (TPSA) is 109 Å². The molecule has 21 heavy (non-hydrogen) atoms. The van der Waals surface area contributed by atoms with Crippen molar-refractivity contribution in [3.8, 4) is 5.69 Å². The van der Waals surface area contributed by atoms with Gasteiger partial charge in [0, 0.05) is 12.4 Å². The van der Waals surface area contributed by atoms with Gasteiger partial charge in [0.15, 0.2) is 0 Å². The van der Waals surface area contributed by atoms with Crippen molar-refractivity contribution in [3.05, 3.63) is 40.8 Å². The second-order valence-electron chi connectivity index (χ2n) is 4.19. The molecule has 1 unspecified atom stereocenters. The van der Waals surface area contributed by atoms with Crippen LogP contribution in [0.4, 0.5) is 0 Å². The summed E-state index contributed by atoms with van der Waals surface area (Å²) in [4.78, 5) is 34.1. The van der Waals surface area contributed by atoms with Gasteiger partial charge < -0.3 is 20.1 Å². The third-order valence-corrected chi connectivity index (χ3v) is 3.62. The first-order valence-corrected chi connectivity index (χ1v) is 6.83. The van der Waals surface area contributed by atoms with Crippen molar-refractivity contribution >= 4 is 29.2 Å². The van der Waals surface area contributed by atoms with Crippen LogP contribution in [0.1, 0.15) is 16.1 Å². The smallest absolute Gasteiger partial charge is 0.326 e. The molecule has 0 radical (unpaired) electrons. The van der Waals surface area contributed by atoms with Crippen molar-refractivity contribution in [3.63, 3.8) is 0 Å². The third-order valence-electron chi connectivity index (χ3n) is 2.72. The second-order valence-corrected chi connectivity index (χ2v) is 5.10. The number of amides is 1. The minimum Gasteiger partial charge on any atom is -0.481 e. The summed E-state index contributed by atoms with van der Waals surface area (Å²) in [6, 6.07) is 3.86. The molecule has 8 heteroatoms. The Labute approximate surface area is 123 Å². The van der Waals surface area contributed by atoms with Gasteiger partial charge in [-0.1, -0.05) is 0 Å². The van der Waals surface area contributed by atoms with Crippen molar-refractivity contribution in [1.29, 1.82) is 0 Å². The minimum absolute atomic E-state index is 0.322. The zero-order valence-corrected chi connectivity index (χ0v) is 11.5. The lowest BCUT2D eigenvalue weighted by molar-refractivity contribution is -0.145. The predicted octanol–water partition coefficient (Wildman–Crippen LogP) is 1.20. The standard InChI is InChI=1S/C13H12N2O5S/c16-10(17)7-8(13(19)20)14-12(18)11-9(3-6-21-11)15-4-1-2-5-15/h1-6,8H,7H2,(H,14,18)(H,16,17)(H,19,20). The molecule has 2 aromatic heterocycles. The van der Waals surface area contributed by atoms with E-state index in [0.717, 1.165) is 11.3 Å². The number of carbonyl (C=O) groups is 3. The summed E-state index contributed by atoms with van der Waals surface area (Å²) >= 11 is 1.16. The molecule has 2 heterocycles. The second kappa shape index (κ2) is 6.23. The molecule has 110 valence electrons. The summed E-state index contributed by atoms with van der Waals surface area (Å²) < 4.78 is 1.72. The van der Waals surface area contributed by atoms with Gasteiger partial charge in [-0.3, -0.25) is 9.59 Å². The molecule has 0 saturated carbocycles. The summed E-state index contributed by atoms with van der Waals surface area (Å²) in [5, 5.41) is 21.5. The number of carboxylic acids is 2. The molecule has 2 aromatic rings. The molecule has 0 fully saturated rings. The largest absolute Gasteiger partial charge is 0.481 e. The number of aromatic nitrogens is 1. The molecule has 0 aliphatic rings. The highest BCUT2D eigenvalue weighted by Crippen LogP contribution is 2.21. The van der Waals surface area contributed by atoms with Gasteiger partial charge in [-0.2, -0.15) is 0 Å². The van der Waals surface area contributed by atoms with Crippen LogP contribution in [0.5, 0.6) is 0 Å². The SMILES string of the molecule is O=C(O)CC(NC(=O)c1sccc1-n1cccc1)C(=O)O. The van der Waals surface area contributed by atoms with Gasteiger partial charge in [-0.25, -0.2) is 4.79 Å². The van der Waals surface area contributed by atoms with Gasteiger partial charge in [0.25, 0.3) is 5.91 Å². The number of carboxylic acid groups (broad SMARTS) is 2. The van der Waals surface area contributed by atoms with Crippen molar-refractivity contribution in [2.45, 2.75) is 12.5 Å². The van der Waals surface area contributed by atoms with Crippen LogP contribution in [-0.4, -0.2) is 38.7 Å². The van der Waals surface area contributed by atoms with E-state index in [4.69, 9.17) is 10.2 Å². The van der Waals surface area contributed by atoms with Gasteiger partial charge in [0.05, 0.1) is 12.1 Å². The highest BCUT2D eigenvalue weighted by atomic mass is 32.1. The first-order valence-electron chi connectivity index (χ1n) is 5.95. The van der Waals surface area contributed by atoms with Crippen LogP contribution >= 0.6 is 11.3 Å². The predicted molar refractivity (Wildman–Crippen MR) is 74.8 cm³/mol. The minimum atomic E-state index is -1.46. The lowest BCUT2D eigenvalue weighted by Crippen LogP contribution is -2.42. The summed E-state index contributed by atoms with van der Waals surface area (Å²) in [5.41, 5.74) is 0.613. The van der Waals surface area contributed by atoms with Crippen molar-refractivity contribution < 1.29 is 24.6 Å². The van der Waals surface area contributed by atoms with Crippen LogP contribution in [0.25, 0.3) is 5.69 Å². The third kappa shape index (κ3) is 3.48. The van der Waals surface area contributed by atoms with E-state index in [1.54, 1.807) is 40.5 Å². The van der Waals surface area contributed by atoms with E-state index in [-0.39, 0.29) is 0 Å². The fourth-order valence-electron chi connectivity index (χ4n) is 1.77. The Bertz CT molecular complexity index is 662. The normalized spacial score (nSPS) is 11.8. The molecule has 0 aromatic carbocycles. The summed E-state index contributed by atoms with van der Waals surface area (Å²) in [5.74, 6) is -3.29. The molecule has 0 aliphatic heterocycles. The molecule has 1 atom stereocenters. The molecule has 3 N–H and O–H groups in total. The molecule has 7 nitrogen and oxygen atoms in total. The molecule has 1 amide bonds. The van der Waals surface area contributed by atoms with Crippen LogP contribution in [-0.2, 0) is 9.59 Å². The van der Waals surface area contributed by atoms with Gasteiger partial charge in [0.2, 0.25) is 0 Å². The molecule has 2 rings (SSSR count). The van der Waals surface area contributed by atoms with Gasteiger partial charge in [0.1, 0.15) is 10.9 Å². The molecule has 0 bridgehead atoms. The average molecular weight is 308 g/mol. The van der Waals surface area contributed by atoms with E-state index < -0.39 is 30.3 Å². The van der Waals surface area contributed by atoms with Crippen molar-refractivity contribution in [2.75, 3.05) is 0 Å². The van der Waals surface area contributed by atoms with Crippen LogP contribution in [0, 0.1) is 0 Å². The molecule has 0 aliphatic carbocycles. The fourth-order valence-corrected chi connectivity index (χ4v) is 2.56. The van der Waals surface area contributed by atoms with Crippen LogP contribution in [0.15, 0.2) is 36.0 Å². The van der Waals surface area contributed by atoms with Crippen LogP contribution < -0.4 is 5.32 Å². The molecule has 0 spiro atoms. The monoisotopic (exact) mass is 308 g/mol. The van der Waals surface area contributed by atoms with Gasteiger partial charge in [-0.05, 0) is 23.6 Å². The van der Waals surface area contributed by atoms with Crippen molar-refractivity contribution in [2.24, 2.45) is 0 Å². The van der Waals surface area contributed by atoms with E-state index in [1.165, 1.54) is 0 Å². The Morgan fingerprint density at radius 2 is 1.90 bits per heavy atom. The lowest BCUT2D eigenvalue weighted by Gasteiger charge is -2.12. The Morgan fingerprint density at radius 1 is 1.24 bits per heavy atom. The zero-order valence-electron chi connectivity index (χ0n) is 10.7. The van der Waals surface area contributed by atoms with E-state index >= 15 is 0 Å². The van der Waals surface area contributed by atoms with E-state index in [0.29, 0.717) is 10.6 Å². The fraction of sp³-hybridized carbons (Fsp3) is 0.154. The lowest BCUT2D eigenvalue weighted by atomic mass is 10.2. The van der Waals surface area contributed by atoms with E-state index in [2.05, 4.69) is 5.32 Å². The Hall–Kier alpha value is -2.61. The highest BCUT2D eigenvalue weighted by molar-refractivity contribution is 7.12. The van der Waals surface area contributed by atoms with Gasteiger partial charge >= 0.3 is 11.9 Å². The maximum atomic E-state index is 12.1. The Balaban J connectivity index is 2.19. The van der Waals surface area contributed by atoms with Crippen molar-refractivity contribution in [1.82, 2.24) is 9.88 Å². The number of nitrogens with one attached hydrogen (secondary N) is 1. The van der Waals surface area contributed by atoms with E-state index in [9.17, 15) is 14.4 Å². The van der Waals surface area contributed by atoms with Gasteiger partial charge in [-0.15, -0.1) is 11.3 Å². The number of hydrogen-bond donors (Lipinski definition) is 3. The quantitative estimate of drug-likeness (QED) is 0.743. The molecule has 0 saturated heterocycles. The number of thiophene rings is 1. The summed E-state index contributed by atoms with van der Waals surface area (Å²) in [6.45, 7) is 0. The first-order chi connectivity index (χ1) is 9.99. The molecular formula is C13H12N2O5S. The highest BCUT2D eigenvalue weighted by Gasteiger charge is 2.25. The maximum Gasteiger partial charge on any atom is 0.326 e. The summed E-state index contributed by atoms with van der Waals surface area (Å²) in [6.07, 6.45) is 2.83. The number of nitrogens with zero attached hydrogens (tertiary/aromatic N) is 1. The maximum absolute atomic E-state index is 12.1. The van der Waals surface area contributed by atoms with E-state index in [1.807, 2.05) is 0 Å². The Morgan fingerprint density at radius 3 is 2.48 bits per heavy atom. The number of aliphatic carboxylic acids is 2. The number of hydrogen-bond acceptors (Lipinski definition) is 4. The first kappa shape index (κ1) is 14.8. The number of carbonyl (C=O) groups excluding carboxylic acids is 1. The van der Waals surface area contributed by atoms with Crippen LogP contribution in [0.3, 0.4) is 0 Å². The number of rotatable bonds is 6. The molecular weight excluding hydrogens is 296 g/mol.